The summed E-state index contributed by atoms with van der Waals surface area (Å²) in [6, 6.07) is 20.1. The van der Waals surface area contributed by atoms with Crippen LogP contribution in [-0.4, -0.2) is 30.1 Å². The maximum absolute atomic E-state index is 12.7. The van der Waals surface area contributed by atoms with Crippen LogP contribution in [0, 0.1) is 0 Å². The SMILES string of the molecule is CN(C)CCCn1c(-c2ccccc2)c2ccccc2cc1=O. The van der Waals surface area contributed by atoms with Crippen LogP contribution in [0.3, 0.4) is 0 Å². The van der Waals surface area contributed by atoms with E-state index < -0.39 is 0 Å². The number of hydrogen-bond donors (Lipinski definition) is 0. The van der Waals surface area contributed by atoms with E-state index in [1.165, 1.54) is 0 Å². The number of nitrogens with zero attached hydrogens (tertiary/aromatic N) is 2. The monoisotopic (exact) mass is 306 g/mol. The van der Waals surface area contributed by atoms with E-state index >= 15 is 0 Å². The van der Waals surface area contributed by atoms with Crippen molar-refractivity contribution in [1.82, 2.24) is 9.47 Å². The average Bonchev–Trinajstić information content (AvgIpc) is 2.55. The van der Waals surface area contributed by atoms with E-state index in [0.717, 1.165) is 41.5 Å². The van der Waals surface area contributed by atoms with Crippen molar-refractivity contribution in [2.45, 2.75) is 13.0 Å². The molecule has 0 radical (unpaired) electrons. The number of pyridine rings is 1. The van der Waals surface area contributed by atoms with Gasteiger partial charge in [0.1, 0.15) is 0 Å². The average molecular weight is 306 g/mol. The van der Waals surface area contributed by atoms with Crippen molar-refractivity contribution in [2.75, 3.05) is 20.6 Å². The third kappa shape index (κ3) is 3.35. The second kappa shape index (κ2) is 6.80. The van der Waals surface area contributed by atoms with Crippen LogP contribution in [0.25, 0.3) is 22.0 Å². The lowest BCUT2D eigenvalue weighted by Crippen LogP contribution is -2.24. The van der Waals surface area contributed by atoms with E-state index in [9.17, 15) is 4.79 Å². The van der Waals surface area contributed by atoms with E-state index in [2.05, 4.69) is 37.2 Å². The Balaban J connectivity index is 2.17. The smallest absolute Gasteiger partial charge is 0.251 e. The molecule has 0 aliphatic heterocycles. The maximum atomic E-state index is 12.7. The highest BCUT2D eigenvalue weighted by molar-refractivity contribution is 5.94. The standard InChI is InChI=1S/C20H22N2O/c1-21(2)13-8-14-22-19(23)15-17-11-6-7-12-18(17)20(22)16-9-4-3-5-10-16/h3-7,9-12,15H,8,13-14H2,1-2H3. The lowest BCUT2D eigenvalue weighted by atomic mass is 10.0. The molecule has 0 saturated carbocycles. The van der Waals surface area contributed by atoms with E-state index in [4.69, 9.17) is 0 Å². The Hall–Kier alpha value is -2.39. The van der Waals surface area contributed by atoms with Gasteiger partial charge in [-0.15, -0.1) is 0 Å². The Labute approximate surface area is 136 Å². The lowest BCUT2D eigenvalue weighted by Gasteiger charge is -2.17. The van der Waals surface area contributed by atoms with Crippen LogP contribution in [0.1, 0.15) is 6.42 Å². The fourth-order valence-electron chi connectivity index (χ4n) is 2.98. The minimum atomic E-state index is 0.0707. The molecule has 23 heavy (non-hydrogen) atoms. The molecule has 0 aliphatic rings. The molecule has 0 atom stereocenters. The molecule has 0 bridgehead atoms. The number of benzene rings is 2. The quantitative estimate of drug-likeness (QED) is 0.719. The molecule has 0 unspecified atom stereocenters. The first kappa shape index (κ1) is 15.5. The van der Waals surface area contributed by atoms with Gasteiger partial charge in [-0.1, -0.05) is 54.6 Å². The molecule has 0 fully saturated rings. The molecule has 3 rings (SSSR count). The summed E-state index contributed by atoms with van der Waals surface area (Å²) in [6.45, 7) is 1.69. The Bertz CT molecular complexity index is 850. The number of hydrogen-bond acceptors (Lipinski definition) is 2. The third-order valence-electron chi connectivity index (χ3n) is 4.07. The first-order valence-corrected chi connectivity index (χ1v) is 7.99. The first-order chi connectivity index (χ1) is 11.2. The zero-order valence-electron chi connectivity index (χ0n) is 13.7. The van der Waals surface area contributed by atoms with Gasteiger partial charge in [0.05, 0.1) is 5.69 Å². The lowest BCUT2D eigenvalue weighted by molar-refractivity contribution is 0.385. The van der Waals surface area contributed by atoms with Gasteiger partial charge in [0.2, 0.25) is 0 Å². The molecule has 3 aromatic rings. The molecule has 3 heteroatoms. The molecule has 0 spiro atoms. The van der Waals surface area contributed by atoms with Gasteiger partial charge in [0, 0.05) is 18.0 Å². The van der Waals surface area contributed by atoms with Crippen LogP contribution in [0.4, 0.5) is 0 Å². The highest BCUT2D eigenvalue weighted by Gasteiger charge is 2.11. The van der Waals surface area contributed by atoms with E-state index in [1.54, 1.807) is 6.07 Å². The van der Waals surface area contributed by atoms with Crippen molar-refractivity contribution < 1.29 is 0 Å². The van der Waals surface area contributed by atoms with Gasteiger partial charge in [-0.25, -0.2) is 0 Å². The van der Waals surface area contributed by atoms with Gasteiger partial charge in [0.25, 0.3) is 5.56 Å². The molecular weight excluding hydrogens is 284 g/mol. The predicted molar refractivity (Wildman–Crippen MR) is 96.8 cm³/mol. The fraction of sp³-hybridized carbons (Fsp3) is 0.250. The Morgan fingerprint density at radius 3 is 2.39 bits per heavy atom. The zero-order valence-corrected chi connectivity index (χ0v) is 13.7. The number of rotatable bonds is 5. The van der Waals surface area contributed by atoms with Gasteiger partial charge in [-0.2, -0.15) is 0 Å². The molecule has 1 aromatic heterocycles. The summed E-state index contributed by atoms with van der Waals surface area (Å²) in [5.41, 5.74) is 2.18. The van der Waals surface area contributed by atoms with Crippen LogP contribution >= 0.6 is 0 Å². The van der Waals surface area contributed by atoms with Crippen molar-refractivity contribution in [2.24, 2.45) is 0 Å². The van der Waals surface area contributed by atoms with Gasteiger partial charge in [0.15, 0.2) is 0 Å². The van der Waals surface area contributed by atoms with Crippen LogP contribution in [-0.2, 0) is 6.54 Å². The van der Waals surface area contributed by atoms with Crippen LogP contribution in [0.15, 0.2) is 65.5 Å². The summed E-state index contributed by atoms with van der Waals surface area (Å²) in [5, 5.41) is 2.13. The molecule has 2 aromatic carbocycles. The Morgan fingerprint density at radius 2 is 1.65 bits per heavy atom. The van der Waals surface area contributed by atoms with E-state index in [-0.39, 0.29) is 5.56 Å². The van der Waals surface area contributed by atoms with Crippen LogP contribution in [0.5, 0.6) is 0 Å². The molecular formula is C20H22N2O. The Morgan fingerprint density at radius 1 is 0.957 bits per heavy atom. The van der Waals surface area contributed by atoms with Gasteiger partial charge >= 0.3 is 0 Å². The van der Waals surface area contributed by atoms with Gasteiger partial charge in [-0.3, -0.25) is 4.79 Å². The van der Waals surface area contributed by atoms with Crippen molar-refractivity contribution in [3.8, 4) is 11.3 Å². The molecule has 118 valence electrons. The highest BCUT2D eigenvalue weighted by Crippen LogP contribution is 2.27. The molecule has 0 amide bonds. The minimum absolute atomic E-state index is 0.0707. The molecule has 3 nitrogen and oxygen atoms in total. The summed E-state index contributed by atoms with van der Waals surface area (Å²) in [4.78, 5) is 14.8. The maximum Gasteiger partial charge on any atom is 0.251 e. The van der Waals surface area contributed by atoms with Gasteiger partial charge < -0.3 is 9.47 Å². The van der Waals surface area contributed by atoms with E-state index in [1.807, 2.05) is 41.0 Å². The predicted octanol–water partition coefficient (Wildman–Crippen LogP) is 3.62. The number of fused-ring (bicyclic) bond motifs is 1. The summed E-state index contributed by atoms with van der Waals surface area (Å²) in [5.74, 6) is 0. The van der Waals surface area contributed by atoms with Crippen LogP contribution in [0.2, 0.25) is 0 Å². The molecule has 0 aliphatic carbocycles. The minimum Gasteiger partial charge on any atom is -0.309 e. The van der Waals surface area contributed by atoms with Crippen molar-refractivity contribution in [3.05, 3.63) is 71.0 Å². The van der Waals surface area contributed by atoms with E-state index in [0.29, 0.717) is 0 Å². The molecule has 0 saturated heterocycles. The summed E-state index contributed by atoms with van der Waals surface area (Å²) < 4.78 is 1.92. The van der Waals surface area contributed by atoms with Crippen molar-refractivity contribution in [3.63, 3.8) is 0 Å². The second-order valence-corrected chi connectivity index (χ2v) is 6.09. The fourth-order valence-corrected chi connectivity index (χ4v) is 2.98. The summed E-state index contributed by atoms with van der Waals surface area (Å²) in [6.07, 6.45) is 0.949. The normalized spacial score (nSPS) is 11.3. The second-order valence-electron chi connectivity index (χ2n) is 6.09. The summed E-state index contributed by atoms with van der Waals surface area (Å²) in [7, 11) is 4.11. The largest absolute Gasteiger partial charge is 0.309 e. The highest BCUT2D eigenvalue weighted by atomic mass is 16.1. The van der Waals surface area contributed by atoms with Crippen molar-refractivity contribution >= 4 is 10.8 Å². The topological polar surface area (TPSA) is 25.2 Å². The number of aromatic nitrogens is 1. The van der Waals surface area contributed by atoms with Crippen molar-refractivity contribution in [1.29, 1.82) is 0 Å². The third-order valence-corrected chi connectivity index (χ3v) is 4.07. The summed E-state index contributed by atoms with van der Waals surface area (Å²) >= 11 is 0. The van der Waals surface area contributed by atoms with Crippen LogP contribution < -0.4 is 5.56 Å². The zero-order chi connectivity index (χ0) is 16.2. The van der Waals surface area contributed by atoms with Gasteiger partial charge in [-0.05, 0) is 38.0 Å². The Kier molecular flexibility index (Phi) is 4.58. The first-order valence-electron chi connectivity index (χ1n) is 7.99. The molecule has 0 N–H and O–H groups in total. The molecule has 1 heterocycles.